The van der Waals surface area contributed by atoms with E-state index in [4.69, 9.17) is 5.73 Å². The summed E-state index contributed by atoms with van der Waals surface area (Å²) in [5.74, 6) is -1.73. The van der Waals surface area contributed by atoms with Crippen molar-refractivity contribution in [1.82, 2.24) is 0 Å². The number of benzene rings is 1. The molecule has 106 valence electrons. The van der Waals surface area contributed by atoms with Crippen LogP contribution in [0.1, 0.15) is 31.2 Å². The molecule has 3 N–H and O–H groups in total. The number of hydrogen-bond acceptors (Lipinski definition) is 3. The minimum Gasteiger partial charge on any atom is -0.394 e. The molecule has 1 fully saturated rings. The number of aliphatic hydroxyl groups excluding tert-OH is 1. The highest BCUT2D eigenvalue weighted by molar-refractivity contribution is 5.51. The van der Waals surface area contributed by atoms with Crippen LogP contribution >= 0.6 is 0 Å². The van der Waals surface area contributed by atoms with Gasteiger partial charge in [0.15, 0.2) is 11.6 Å². The molecule has 1 atom stereocenters. The topological polar surface area (TPSA) is 49.5 Å². The van der Waals surface area contributed by atoms with E-state index >= 15 is 0 Å². The Morgan fingerprint density at radius 1 is 1.21 bits per heavy atom. The summed E-state index contributed by atoms with van der Waals surface area (Å²) in [6.45, 7) is 0.579. The highest BCUT2D eigenvalue weighted by atomic mass is 19.2. The van der Waals surface area contributed by atoms with E-state index in [1.807, 2.05) is 0 Å². The maximum atomic E-state index is 14.1. The molecule has 1 heterocycles. The summed E-state index contributed by atoms with van der Waals surface area (Å²) in [5, 5.41) is 9.43. The summed E-state index contributed by atoms with van der Waals surface area (Å²) >= 11 is 0. The molecule has 0 aliphatic carbocycles. The van der Waals surface area contributed by atoms with Crippen molar-refractivity contribution in [3.63, 3.8) is 0 Å². The Morgan fingerprint density at radius 3 is 2.68 bits per heavy atom. The molecular formula is C14H20F2N2O. The Kier molecular flexibility index (Phi) is 4.71. The molecule has 0 bridgehead atoms. The summed E-state index contributed by atoms with van der Waals surface area (Å²) in [6, 6.07) is 2.95. The summed E-state index contributed by atoms with van der Waals surface area (Å²) in [6.07, 6.45) is 3.79. The molecule has 5 heteroatoms. The third-order valence-corrected chi connectivity index (χ3v) is 3.76. The molecule has 2 rings (SSSR count). The van der Waals surface area contributed by atoms with Crippen LogP contribution in [-0.2, 0) is 6.54 Å². The van der Waals surface area contributed by atoms with Crippen LogP contribution < -0.4 is 10.6 Å². The fourth-order valence-electron chi connectivity index (χ4n) is 2.64. The van der Waals surface area contributed by atoms with Crippen LogP contribution in [0.5, 0.6) is 0 Å². The summed E-state index contributed by atoms with van der Waals surface area (Å²) in [5.41, 5.74) is 5.78. The van der Waals surface area contributed by atoms with Crippen molar-refractivity contribution >= 4 is 5.69 Å². The molecule has 1 aliphatic heterocycles. The average Bonchev–Trinajstić information content (AvgIpc) is 2.67. The average molecular weight is 270 g/mol. The van der Waals surface area contributed by atoms with Crippen LogP contribution in [0.3, 0.4) is 0 Å². The van der Waals surface area contributed by atoms with Crippen LogP contribution in [-0.4, -0.2) is 24.3 Å². The second kappa shape index (κ2) is 6.30. The van der Waals surface area contributed by atoms with Gasteiger partial charge in [0.05, 0.1) is 18.3 Å². The molecule has 1 aromatic carbocycles. The van der Waals surface area contributed by atoms with Crippen molar-refractivity contribution in [2.45, 2.75) is 38.3 Å². The van der Waals surface area contributed by atoms with E-state index in [0.717, 1.165) is 25.7 Å². The van der Waals surface area contributed by atoms with Crippen molar-refractivity contribution in [2.75, 3.05) is 18.1 Å². The first-order valence-electron chi connectivity index (χ1n) is 6.73. The smallest absolute Gasteiger partial charge is 0.182 e. The first-order valence-corrected chi connectivity index (χ1v) is 6.73. The molecule has 0 amide bonds. The number of nitrogens with zero attached hydrogens (tertiary/aromatic N) is 1. The first kappa shape index (κ1) is 14.2. The van der Waals surface area contributed by atoms with E-state index in [9.17, 15) is 13.9 Å². The van der Waals surface area contributed by atoms with Crippen molar-refractivity contribution in [2.24, 2.45) is 5.73 Å². The lowest BCUT2D eigenvalue weighted by atomic mass is 10.1. The van der Waals surface area contributed by atoms with E-state index in [0.29, 0.717) is 6.54 Å². The van der Waals surface area contributed by atoms with Gasteiger partial charge in [-0.15, -0.1) is 0 Å². The van der Waals surface area contributed by atoms with Gasteiger partial charge in [-0.25, -0.2) is 8.78 Å². The third kappa shape index (κ3) is 2.87. The first-order chi connectivity index (χ1) is 9.19. The lowest BCUT2D eigenvalue weighted by Gasteiger charge is -2.31. The van der Waals surface area contributed by atoms with E-state index in [2.05, 4.69) is 0 Å². The Morgan fingerprint density at radius 2 is 2.00 bits per heavy atom. The number of nitrogens with two attached hydrogens (primary N) is 1. The molecule has 0 aromatic heterocycles. The predicted octanol–water partition coefficient (Wildman–Crippen LogP) is 2.16. The minimum atomic E-state index is -0.874. The van der Waals surface area contributed by atoms with Gasteiger partial charge >= 0.3 is 0 Å². The maximum absolute atomic E-state index is 14.1. The van der Waals surface area contributed by atoms with Gasteiger partial charge < -0.3 is 15.7 Å². The van der Waals surface area contributed by atoms with Crippen LogP contribution in [0.4, 0.5) is 14.5 Å². The molecule has 1 aromatic rings. The fraction of sp³-hybridized carbons (Fsp3) is 0.571. The Hall–Kier alpha value is -1.20. The van der Waals surface area contributed by atoms with E-state index < -0.39 is 11.6 Å². The van der Waals surface area contributed by atoms with Gasteiger partial charge in [0, 0.05) is 18.7 Å². The number of halogens is 2. The van der Waals surface area contributed by atoms with Crippen LogP contribution in [0.2, 0.25) is 0 Å². The van der Waals surface area contributed by atoms with Gasteiger partial charge in [-0.2, -0.15) is 0 Å². The van der Waals surface area contributed by atoms with Gasteiger partial charge in [-0.3, -0.25) is 0 Å². The molecule has 0 saturated carbocycles. The summed E-state index contributed by atoms with van der Waals surface area (Å²) in [4.78, 5) is 1.78. The van der Waals surface area contributed by atoms with Crippen molar-refractivity contribution < 1.29 is 13.9 Å². The SMILES string of the molecule is NCc1ccc(N2CCCCCC2CO)c(F)c1F. The zero-order valence-corrected chi connectivity index (χ0v) is 10.9. The number of rotatable bonds is 3. The zero-order chi connectivity index (χ0) is 13.8. The Labute approximate surface area is 112 Å². The van der Waals surface area contributed by atoms with Gasteiger partial charge in [-0.05, 0) is 18.9 Å². The molecular weight excluding hydrogens is 250 g/mol. The highest BCUT2D eigenvalue weighted by Crippen LogP contribution is 2.29. The van der Waals surface area contributed by atoms with Crippen LogP contribution in [0, 0.1) is 11.6 Å². The van der Waals surface area contributed by atoms with Gasteiger partial charge in [0.2, 0.25) is 0 Å². The number of hydrogen-bond donors (Lipinski definition) is 2. The van der Waals surface area contributed by atoms with E-state index in [1.54, 1.807) is 11.0 Å². The normalized spacial score (nSPS) is 20.4. The standard InChI is InChI=1S/C14H20F2N2O/c15-13-10(8-17)5-6-12(14(13)16)18-7-3-1-2-4-11(18)9-19/h5-6,11,19H,1-4,7-9,17H2. The predicted molar refractivity (Wildman–Crippen MR) is 70.9 cm³/mol. The minimum absolute atomic E-state index is 0.0214. The number of aliphatic hydroxyl groups is 1. The second-order valence-electron chi connectivity index (χ2n) is 4.96. The number of anilines is 1. The lowest BCUT2D eigenvalue weighted by Crippen LogP contribution is -2.38. The molecule has 19 heavy (non-hydrogen) atoms. The molecule has 0 radical (unpaired) electrons. The van der Waals surface area contributed by atoms with E-state index in [1.165, 1.54) is 6.07 Å². The van der Waals surface area contributed by atoms with Gasteiger partial charge in [0.25, 0.3) is 0 Å². The Bertz CT molecular complexity index is 440. The largest absolute Gasteiger partial charge is 0.394 e. The molecule has 1 aliphatic rings. The fourth-order valence-corrected chi connectivity index (χ4v) is 2.64. The van der Waals surface area contributed by atoms with Crippen molar-refractivity contribution in [1.29, 1.82) is 0 Å². The summed E-state index contributed by atoms with van der Waals surface area (Å²) in [7, 11) is 0. The molecule has 1 saturated heterocycles. The van der Waals surface area contributed by atoms with Gasteiger partial charge in [0.1, 0.15) is 0 Å². The monoisotopic (exact) mass is 270 g/mol. The van der Waals surface area contributed by atoms with Gasteiger partial charge in [-0.1, -0.05) is 18.9 Å². The third-order valence-electron chi connectivity index (χ3n) is 3.76. The zero-order valence-electron chi connectivity index (χ0n) is 10.9. The lowest BCUT2D eigenvalue weighted by molar-refractivity contribution is 0.254. The molecule has 0 spiro atoms. The van der Waals surface area contributed by atoms with Crippen molar-refractivity contribution in [3.8, 4) is 0 Å². The van der Waals surface area contributed by atoms with Crippen LogP contribution in [0.15, 0.2) is 12.1 Å². The molecule has 3 nitrogen and oxygen atoms in total. The summed E-state index contributed by atoms with van der Waals surface area (Å²) < 4.78 is 27.9. The highest BCUT2D eigenvalue weighted by Gasteiger charge is 2.25. The van der Waals surface area contributed by atoms with Crippen LogP contribution in [0.25, 0.3) is 0 Å². The van der Waals surface area contributed by atoms with Crippen molar-refractivity contribution in [3.05, 3.63) is 29.3 Å². The second-order valence-corrected chi connectivity index (χ2v) is 4.96. The maximum Gasteiger partial charge on any atom is 0.182 e. The Balaban J connectivity index is 2.36. The quantitative estimate of drug-likeness (QED) is 0.885. The van der Waals surface area contributed by atoms with E-state index in [-0.39, 0.29) is 30.4 Å². The molecule has 1 unspecified atom stereocenters.